The molecule has 0 radical (unpaired) electrons. The van der Waals surface area contributed by atoms with Crippen LogP contribution in [0.15, 0.2) is 28.6 Å². The summed E-state index contributed by atoms with van der Waals surface area (Å²) in [6.45, 7) is 8.11. The summed E-state index contributed by atoms with van der Waals surface area (Å²) >= 11 is 2.90. The quantitative estimate of drug-likeness (QED) is 0.690. The highest BCUT2D eigenvalue weighted by molar-refractivity contribution is 8.00. The van der Waals surface area contributed by atoms with Crippen LogP contribution in [0.25, 0.3) is 10.9 Å². The summed E-state index contributed by atoms with van der Waals surface area (Å²) in [7, 11) is 0. The van der Waals surface area contributed by atoms with Crippen molar-refractivity contribution in [3.63, 3.8) is 0 Å². The molecule has 1 N–H and O–H groups in total. The molecular formula is C18H19N3OS2. The minimum absolute atomic E-state index is 0.0587. The van der Waals surface area contributed by atoms with Crippen molar-refractivity contribution in [2.75, 3.05) is 11.1 Å². The third-order valence-corrected chi connectivity index (χ3v) is 5.72. The molecule has 3 aromatic rings. The first-order valence-corrected chi connectivity index (χ1v) is 9.53. The highest BCUT2D eigenvalue weighted by Gasteiger charge is 2.11. The van der Waals surface area contributed by atoms with E-state index < -0.39 is 0 Å². The molecule has 0 unspecified atom stereocenters. The second-order valence-electron chi connectivity index (χ2n) is 5.84. The first-order valence-electron chi connectivity index (χ1n) is 7.66. The predicted octanol–water partition coefficient (Wildman–Crippen LogP) is 4.66. The lowest BCUT2D eigenvalue weighted by Gasteiger charge is -2.10. The number of thiazole rings is 1. The van der Waals surface area contributed by atoms with Crippen LogP contribution in [-0.2, 0) is 4.79 Å². The Balaban J connectivity index is 1.76. The van der Waals surface area contributed by atoms with Crippen LogP contribution in [0.5, 0.6) is 0 Å². The summed E-state index contributed by atoms with van der Waals surface area (Å²) in [6, 6.07) is 6.37. The number of thioether (sulfide) groups is 1. The average Bonchev–Trinajstić information content (AvgIpc) is 2.94. The Morgan fingerprint density at radius 1 is 1.12 bits per heavy atom. The number of hydrogen-bond donors (Lipinski definition) is 1. The highest BCUT2D eigenvalue weighted by Crippen LogP contribution is 2.28. The van der Waals surface area contributed by atoms with Crippen LogP contribution in [0.1, 0.15) is 22.4 Å². The van der Waals surface area contributed by atoms with E-state index in [1.54, 1.807) is 0 Å². The van der Waals surface area contributed by atoms with Gasteiger partial charge in [0.2, 0.25) is 5.91 Å². The summed E-state index contributed by atoms with van der Waals surface area (Å²) in [5.41, 5.74) is 5.40. The molecule has 0 aliphatic heterocycles. The summed E-state index contributed by atoms with van der Waals surface area (Å²) in [6.07, 6.45) is 0. The lowest BCUT2D eigenvalue weighted by Crippen LogP contribution is -2.14. The van der Waals surface area contributed by atoms with Crippen LogP contribution in [0.4, 0.5) is 5.13 Å². The second kappa shape index (κ2) is 6.91. The van der Waals surface area contributed by atoms with Crippen LogP contribution in [0.2, 0.25) is 0 Å². The molecule has 24 heavy (non-hydrogen) atoms. The summed E-state index contributed by atoms with van der Waals surface area (Å²) in [4.78, 5) is 21.1. The van der Waals surface area contributed by atoms with E-state index in [0.717, 1.165) is 27.4 Å². The fourth-order valence-corrected chi connectivity index (χ4v) is 3.95. The van der Waals surface area contributed by atoms with Gasteiger partial charge in [-0.3, -0.25) is 4.79 Å². The van der Waals surface area contributed by atoms with Gasteiger partial charge < -0.3 is 5.32 Å². The average molecular weight is 358 g/mol. The number of nitrogens with zero attached hydrogens (tertiary/aromatic N) is 2. The van der Waals surface area contributed by atoms with Crippen molar-refractivity contribution in [1.82, 2.24) is 9.97 Å². The first-order chi connectivity index (χ1) is 11.4. The first kappa shape index (κ1) is 16.9. The Morgan fingerprint density at radius 3 is 2.58 bits per heavy atom. The molecule has 0 bridgehead atoms. The van der Waals surface area contributed by atoms with Crippen LogP contribution < -0.4 is 5.32 Å². The lowest BCUT2D eigenvalue weighted by atomic mass is 10.0. The molecule has 124 valence electrons. The van der Waals surface area contributed by atoms with Crippen molar-refractivity contribution >= 4 is 45.0 Å². The maximum Gasteiger partial charge on any atom is 0.236 e. The Morgan fingerprint density at radius 2 is 1.88 bits per heavy atom. The number of hydrogen-bond acceptors (Lipinski definition) is 5. The SMILES string of the molecule is Cc1csc(NC(=O)CSc2nc3c(C)ccc(C)c3cc2C)n1. The topological polar surface area (TPSA) is 54.9 Å². The van der Waals surface area contributed by atoms with Gasteiger partial charge in [-0.05, 0) is 50.5 Å². The lowest BCUT2D eigenvalue weighted by molar-refractivity contribution is -0.113. The van der Waals surface area contributed by atoms with Crippen LogP contribution in [0.3, 0.4) is 0 Å². The van der Waals surface area contributed by atoms with Gasteiger partial charge in [0.05, 0.1) is 17.0 Å². The van der Waals surface area contributed by atoms with Crippen molar-refractivity contribution < 1.29 is 4.79 Å². The molecule has 0 spiro atoms. The van der Waals surface area contributed by atoms with Crippen molar-refractivity contribution in [3.05, 3.63) is 46.0 Å². The van der Waals surface area contributed by atoms with Gasteiger partial charge in [0, 0.05) is 10.8 Å². The molecule has 0 fully saturated rings. The number of nitrogens with one attached hydrogen (secondary N) is 1. The second-order valence-corrected chi connectivity index (χ2v) is 7.66. The Bertz CT molecular complexity index is 918. The van der Waals surface area contributed by atoms with E-state index in [9.17, 15) is 4.79 Å². The molecule has 0 atom stereocenters. The van der Waals surface area contributed by atoms with Gasteiger partial charge in [0.15, 0.2) is 5.13 Å². The number of pyridine rings is 1. The maximum absolute atomic E-state index is 12.1. The predicted molar refractivity (Wildman–Crippen MR) is 102 cm³/mol. The molecule has 1 aromatic carbocycles. The zero-order valence-electron chi connectivity index (χ0n) is 14.1. The molecule has 0 aliphatic carbocycles. The van der Waals surface area contributed by atoms with Crippen LogP contribution in [0, 0.1) is 27.7 Å². The van der Waals surface area contributed by atoms with E-state index in [1.807, 2.05) is 19.2 Å². The zero-order chi connectivity index (χ0) is 17.3. The largest absolute Gasteiger partial charge is 0.301 e. The van der Waals surface area contributed by atoms with Crippen molar-refractivity contribution in [1.29, 1.82) is 0 Å². The van der Waals surface area contributed by atoms with E-state index in [4.69, 9.17) is 4.98 Å². The molecule has 0 aliphatic rings. The number of carbonyl (C=O) groups excluding carboxylic acids is 1. The third-order valence-electron chi connectivity index (χ3n) is 3.75. The monoisotopic (exact) mass is 357 g/mol. The number of anilines is 1. The van der Waals surface area contributed by atoms with Gasteiger partial charge >= 0.3 is 0 Å². The summed E-state index contributed by atoms with van der Waals surface area (Å²) in [5.74, 6) is 0.264. The standard InChI is InChI=1S/C18H19N3OS2/c1-10-5-6-11(2)16-14(10)7-12(3)17(21-16)23-9-15(22)20-18-19-13(4)8-24-18/h5-8H,9H2,1-4H3,(H,19,20,22). The maximum atomic E-state index is 12.1. The van der Waals surface area contributed by atoms with Crippen molar-refractivity contribution in [2.45, 2.75) is 32.7 Å². The molecule has 0 saturated heterocycles. The Hall–Kier alpha value is -1.92. The number of aromatic nitrogens is 2. The third kappa shape index (κ3) is 3.60. The van der Waals surface area contributed by atoms with Crippen LogP contribution in [-0.4, -0.2) is 21.6 Å². The van der Waals surface area contributed by atoms with Gasteiger partial charge in [-0.15, -0.1) is 11.3 Å². The van der Waals surface area contributed by atoms with Crippen molar-refractivity contribution in [3.8, 4) is 0 Å². The highest BCUT2D eigenvalue weighted by atomic mass is 32.2. The van der Waals surface area contributed by atoms with Crippen LogP contribution >= 0.6 is 23.1 Å². The molecule has 2 heterocycles. The van der Waals surface area contributed by atoms with E-state index in [-0.39, 0.29) is 5.91 Å². The van der Waals surface area contributed by atoms with Gasteiger partial charge in [0.25, 0.3) is 0 Å². The normalized spacial score (nSPS) is 11.0. The number of carbonyl (C=O) groups is 1. The number of benzene rings is 1. The molecule has 1 amide bonds. The van der Waals surface area contributed by atoms with Gasteiger partial charge in [-0.1, -0.05) is 23.9 Å². The fraction of sp³-hybridized carbons (Fsp3) is 0.278. The smallest absolute Gasteiger partial charge is 0.236 e. The minimum Gasteiger partial charge on any atom is -0.301 e. The van der Waals surface area contributed by atoms with E-state index in [0.29, 0.717) is 10.9 Å². The fourth-order valence-electron chi connectivity index (χ4n) is 2.46. The van der Waals surface area contributed by atoms with E-state index in [1.165, 1.54) is 34.0 Å². The number of fused-ring (bicyclic) bond motifs is 1. The molecule has 3 rings (SSSR count). The molecular weight excluding hydrogens is 338 g/mol. The van der Waals surface area contributed by atoms with Gasteiger partial charge in [-0.2, -0.15) is 0 Å². The van der Waals surface area contributed by atoms with E-state index in [2.05, 4.69) is 42.3 Å². The number of amides is 1. The molecule has 6 heteroatoms. The Kier molecular flexibility index (Phi) is 4.87. The molecule has 4 nitrogen and oxygen atoms in total. The van der Waals surface area contributed by atoms with Crippen molar-refractivity contribution in [2.24, 2.45) is 0 Å². The molecule has 2 aromatic heterocycles. The van der Waals surface area contributed by atoms with Gasteiger partial charge in [0.1, 0.15) is 5.03 Å². The Labute approximate surface area is 149 Å². The van der Waals surface area contributed by atoms with E-state index >= 15 is 0 Å². The summed E-state index contributed by atoms with van der Waals surface area (Å²) < 4.78 is 0. The van der Waals surface area contributed by atoms with Gasteiger partial charge in [-0.25, -0.2) is 9.97 Å². The zero-order valence-corrected chi connectivity index (χ0v) is 15.8. The number of aryl methyl sites for hydroxylation is 4. The summed E-state index contributed by atoms with van der Waals surface area (Å²) in [5, 5.41) is 7.48. The minimum atomic E-state index is -0.0587. The number of rotatable bonds is 4. The molecule has 0 saturated carbocycles.